The van der Waals surface area contributed by atoms with Crippen LogP contribution >= 0.6 is 7.82 Å². The smallest absolute Gasteiger partial charge is 0.463 e. The van der Waals surface area contributed by atoms with Gasteiger partial charge in [0, 0.05) is 18.9 Å². The van der Waals surface area contributed by atoms with Crippen molar-refractivity contribution >= 4 is 25.7 Å². The predicted molar refractivity (Wildman–Crippen MR) is 208 cm³/mol. The molecule has 0 amide bonds. The van der Waals surface area contributed by atoms with Crippen LogP contribution in [0.15, 0.2) is 12.7 Å². The zero-order valence-electron chi connectivity index (χ0n) is 33.6. The van der Waals surface area contributed by atoms with Crippen LogP contribution in [-0.4, -0.2) is 87.5 Å². The molecule has 0 heterocycles. The summed E-state index contributed by atoms with van der Waals surface area (Å²) in [6.45, 7) is 5.92. The number of phosphoric ester groups is 1. The molecule has 306 valence electrons. The number of rotatable bonds is 38. The van der Waals surface area contributed by atoms with E-state index in [0.29, 0.717) is 24.1 Å². The molecule has 0 fully saturated rings. The molecule has 2 unspecified atom stereocenters. The number of carbonyl (C=O) groups is 3. The zero-order chi connectivity index (χ0) is 38.8. The van der Waals surface area contributed by atoms with Gasteiger partial charge in [0.05, 0.1) is 34.4 Å². The van der Waals surface area contributed by atoms with E-state index in [0.717, 1.165) is 77.0 Å². The van der Waals surface area contributed by atoms with Gasteiger partial charge in [-0.15, -0.1) is 0 Å². The molecule has 2 atom stereocenters. The summed E-state index contributed by atoms with van der Waals surface area (Å²) in [5, 5.41) is 0. The van der Waals surface area contributed by atoms with Crippen molar-refractivity contribution < 1.29 is 51.6 Å². The Kier molecular flexibility index (Phi) is 32.6. The van der Waals surface area contributed by atoms with Crippen molar-refractivity contribution in [3.8, 4) is 0 Å². The van der Waals surface area contributed by atoms with Gasteiger partial charge in [0.15, 0.2) is 6.10 Å². The highest BCUT2D eigenvalue weighted by Crippen LogP contribution is 2.43. The van der Waals surface area contributed by atoms with Gasteiger partial charge in [0.2, 0.25) is 0 Å². The number of carbonyl (C=O) groups excluding carboxylic acids is 3. The van der Waals surface area contributed by atoms with Crippen molar-refractivity contribution in [3.63, 3.8) is 0 Å². The van der Waals surface area contributed by atoms with E-state index in [4.69, 9.17) is 23.3 Å². The van der Waals surface area contributed by atoms with Crippen molar-refractivity contribution in [2.24, 2.45) is 0 Å². The molecule has 0 saturated heterocycles. The third-order valence-electron chi connectivity index (χ3n) is 8.84. The molecule has 0 aliphatic carbocycles. The third-order valence-corrected chi connectivity index (χ3v) is 9.82. The second-order valence-electron chi connectivity index (χ2n) is 15.1. The van der Waals surface area contributed by atoms with Gasteiger partial charge in [-0.1, -0.05) is 142 Å². The van der Waals surface area contributed by atoms with Crippen molar-refractivity contribution in [3.05, 3.63) is 12.7 Å². The van der Waals surface area contributed by atoms with Crippen LogP contribution in [0, 0.1) is 0 Å². The van der Waals surface area contributed by atoms with Crippen LogP contribution in [0.5, 0.6) is 0 Å². The molecule has 0 aromatic rings. The maximum atomic E-state index is 12.6. The SMILES string of the molecule is C=CC(=O)OCCCCCCCCCCCCC(=O)OC(COC(=O)CCCCCCCCCCCCCCC)COP(=O)(O)OCC[N+](C)(C)C. The van der Waals surface area contributed by atoms with Crippen molar-refractivity contribution in [2.75, 3.05) is 54.1 Å². The van der Waals surface area contributed by atoms with E-state index in [-0.39, 0.29) is 38.0 Å². The van der Waals surface area contributed by atoms with Gasteiger partial charge < -0.3 is 23.6 Å². The lowest BCUT2D eigenvalue weighted by Gasteiger charge is -2.24. The van der Waals surface area contributed by atoms with Crippen LogP contribution in [0.3, 0.4) is 0 Å². The molecular formula is C40H77NO10P+. The van der Waals surface area contributed by atoms with Gasteiger partial charge >= 0.3 is 25.7 Å². The Hall–Kier alpha value is -1.78. The Morgan fingerprint density at radius 3 is 1.52 bits per heavy atom. The normalized spacial score (nSPS) is 13.3. The van der Waals surface area contributed by atoms with Crippen LogP contribution in [0.4, 0.5) is 0 Å². The molecule has 0 spiro atoms. The molecule has 0 bridgehead atoms. The lowest BCUT2D eigenvalue weighted by Crippen LogP contribution is -2.37. The Morgan fingerprint density at radius 2 is 1.06 bits per heavy atom. The summed E-state index contributed by atoms with van der Waals surface area (Å²) in [5.41, 5.74) is 0. The van der Waals surface area contributed by atoms with Crippen LogP contribution in [0.2, 0.25) is 0 Å². The van der Waals surface area contributed by atoms with E-state index in [1.54, 1.807) is 0 Å². The number of unbranched alkanes of at least 4 members (excludes halogenated alkanes) is 21. The molecular weight excluding hydrogens is 685 g/mol. The number of quaternary nitrogens is 1. The summed E-state index contributed by atoms with van der Waals surface area (Å²) < 4.78 is 39.1. The van der Waals surface area contributed by atoms with Crippen molar-refractivity contribution in [2.45, 2.75) is 174 Å². The molecule has 52 heavy (non-hydrogen) atoms. The molecule has 0 aromatic heterocycles. The standard InChI is InChI=1S/C40H76NO10P/c1-6-8-9-10-11-12-13-14-15-18-21-24-27-30-39(43)48-35-37(36-50-52(45,46)49-34-32-41(3,4)5)51-40(44)31-28-25-22-19-16-17-20-23-26-29-33-47-38(42)7-2/h7,37H,2,6,8-36H2,1,3-5H3/p+1. The summed E-state index contributed by atoms with van der Waals surface area (Å²) in [6.07, 6.45) is 26.6. The summed E-state index contributed by atoms with van der Waals surface area (Å²) >= 11 is 0. The lowest BCUT2D eigenvalue weighted by molar-refractivity contribution is -0.870. The molecule has 0 aliphatic rings. The largest absolute Gasteiger partial charge is 0.472 e. The zero-order valence-corrected chi connectivity index (χ0v) is 34.5. The summed E-state index contributed by atoms with van der Waals surface area (Å²) in [6, 6.07) is 0. The fourth-order valence-corrected chi connectivity index (χ4v) is 6.31. The number of esters is 3. The molecule has 0 radical (unpaired) electrons. The second-order valence-corrected chi connectivity index (χ2v) is 16.5. The van der Waals surface area contributed by atoms with Crippen LogP contribution in [0.25, 0.3) is 0 Å². The first-order valence-electron chi connectivity index (χ1n) is 20.4. The molecule has 12 heteroatoms. The molecule has 11 nitrogen and oxygen atoms in total. The highest BCUT2D eigenvalue weighted by atomic mass is 31.2. The Balaban J connectivity index is 4.36. The molecule has 0 aromatic carbocycles. The van der Waals surface area contributed by atoms with Gasteiger partial charge in [-0.3, -0.25) is 18.6 Å². The summed E-state index contributed by atoms with van der Waals surface area (Å²) in [5.74, 6) is -1.22. The Morgan fingerprint density at radius 1 is 0.615 bits per heavy atom. The fourth-order valence-electron chi connectivity index (χ4n) is 5.57. The predicted octanol–water partition coefficient (Wildman–Crippen LogP) is 9.78. The average molecular weight is 763 g/mol. The van der Waals surface area contributed by atoms with Gasteiger partial charge in [-0.25, -0.2) is 9.36 Å². The van der Waals surface area contributed by atoms with Gasteiger partial charge in [0.25, 0.3) is 0 Å². The number of likely N-dealkylation sites (N-methyl/N-ethyl adjacent to an activating group) is 1. The fraction of sp³-hybridized carbons (Fsp3) is 0.875. The maximum Gasteiger partial charge on any atom is 0.472 e. The number of hydrogen-bond acceptors (Lipinski definition) is 9. The van der Waals surface area contributed by atoms with Crippen molar-refractivity contribution in [1.82, 2.24) is 0 Å². The van der Waals surface area contributed by atoms with Crippen molar-refractivity contribution in [1.29, 1.82) is 0 Å². The Bertz CT molecular complexity index is 955. The van der Waals surface area contributed by atoms with Crippen LogP contribution in [-0.2, 0) is 42.2 Å². The van der Waals surface area contributed by atoms with Gasteiger partial charge in [-0.05, 0) is 19.3 Å². The lowest BCUT2D eigenvalue weighted by atomic mass is 10.0. The molecule has 1 N–H and O–H groups in total. The number of hydrogen-bond donors (Lipinski definition) is 1. The monoisotopic (exact) mass is 763 g/mol. The molecule has 0 aliphatic heterocycles. The van der Waals surface area contributed by atoms with E-state index in [1.165, 1.54) is 70.3 Å². The first-order valence-corrected chi connectivity index (χ1v) is 21.9. The number of phosphoric acid groups is 1. The summed E-state index contributed by atoms with van der Waals surface area (Å²) in [4.78, 5) is 46.3. The number of nitrogens with zero attached hydrogens (tertiary/aromatic N) is 1. The minimum atomic E-state index is -4.38. The first-order chi connectivity index (χ1) is 24.9. The highest BCUT2D eigenvalue weighted by Gasteiger charge is 2.27. The van der Waals surface area contributed by atoms with Gasteiger partial charge in [-0.2, -0.15) is 0 Å². The van der Waals surface area contributed by atoms with E-state index < -0.39 is 26.5 Å². The highest BCUT2D eigenvalue weighted by molar-refractivity contribution is 7.47. The topological polar surface area (TPSA) is 135 Å². The number of ether oxygens (including phenoxy) is 3. The van der Waals surface area contributed by atoms with Crippen LogP contribution in [0.1, 0.15) is 167 Å². The minimum absolute atomic E-state index is 0.0187. The van der Waals surface area contributed by atoms with Crippen LogP contribution < -0.4 is 0 Å². The second kappa shape index (κ2) is 33.8. The van der Waals surface area contributed by atoms with E-state index >= 15 is 0 Å². The van der Waals surface area contributed by atoms with E-state index in [1.807, 2.05) is 21.1 Å². The Labute approximate surface area is 317 Å². The third kappa shape index (κ3) is 36.6. The van der Waals surface area contributed by atoms with Gasteiger partial charge in [0.1, 0.15) is 19.8 Å². The summed E-state index contributed by atoms with van der Waals surface area (Å²) in [7, 11) is 1.43. The molecule has 0 saturated carbocycles. The average Bonchev–Trinajstić information content (AvgIpc) is 3.09. The van der Waals surface area contributed by atoms with E-state index in [2.05, 4.69) is 13.5 Å². The van der Waals surface area contributed by atoms with E-state index in [9.17, 15) is 23.8 Å². The molecule has 0 rings (SSSR count). The minimum Gasteiger partial charge on any atom is -0.463 e. The first kappa shape index (κ1) is 50.2. The quantitative estimate of drug-likeness (QED) is 0.0162. The maximum absolute atomic E-state index is 12.6.